The van der Waals surface area contributed by atoms with Crippen LogP contribution < -0.4 is 5.32 Å². The third kappa shape index (κ3) is 4.76. The molecule has 4 nitrogen and oxygen atoms in total. The minimum absolute atomic E-state index is 0.490. The average Bonchev–Trinajstić information content (AvgIpc) is 2.54. The number of hydrogen-bond donors (Lipinski definition) is 1. The zero-order chi connectivity index (χ0) is 16.1. The standard InChI is InChI=1S/C19H26N4/c1-15-14-16(2)21-19(20-15)22-18-9-12-23(13-10-18)11-8-17-6-4-3-5-7-17/h3-7,14,18H,8-13H2,1-2H3,(H,20,21,22). The predicted octanol–water partition coefficient (Wildman–Crippen LogP) is 3.21. The largest absolute Gasteiger partial charge is 0.351 e. The van der Waals surface area contributed by atoms with E-state index in [-0.39, 0.29) is 0 Å². The van der Waals surface area contributed by atoms with Gasteiger partial charge in [0, 0.05) is 37.1 Å². The number of rotatable bonds is 5. The first kappa shape index (κ1) is 15.9. The molecule has 0 aliphatic carbocycles. The summed E-state index contributed by atoms with van der Waals surface area (Å²) in [6, 6.07) is 13.2. The Hall–Kier alpha value is -1.94. The van der Waals surface area contributed by atoms with Crippen molar-refractivity contribution in [3.63, 3.8) is 0 Å². The molecule has 0 spiro atoms. The molecule has 1 saturated heterocycles. The number of likely N-dealkylation sites (tertiary alicyclic amines) is 1. The van der Waals surface area contributed by atoms with E-state index in [1.165, 1.54) is 5.56 Å². The van der Waals surface area contributed by atoms with Crippen molar-refractivity contribution in [2.24, 2.45) is 0 Å². The fourth-order valence-electron chi connectivity index (χ4n) is 3.21. The Kier molecular flexibility index (Phi) is 5.23. The van der Waals surface area contributed by atoms with Gasteiger partial charge in [-0.1, -0.05) is 30.3 Å². The van der Waals surface area contributed by atoms with Crippen molar-refractivity contribution in [2.45, 2.75) is 39.2 Å². The molecule has 0 amide bonds. The molecule has 0 radical (unpaired) electrons. The Morgan fingerprint density at radius 1 is 1.04 bits per heavy atom. The lowest BCUT2D eigenvalue weighted by atomic mass is 10.0. The van der Waals surface area contributed by atoms with E-state index >= 15 is 0 Å². The van der Waals surface area contributed by atoms with Crippen molar-refractivity contribution in [3.05, 3.63) is 53.3 Å². The van der Waals surface area contributed by atoms with E-state index < -0.39 is 0 Å². The van der Waals surface area contributed by atoms with Gasteiger partial charge in [-0.15, -0.1) is 0 Å². The van der Waals surface area contributed by atoms with Gasteiger partial charge in [-0.05, 0) is 44.7 Å². The molecular formula is C19H26N4. The number of nitrogens with one attached hydrogen (secondary N) is 1. The Labute approximate surface area is 139 Å². The fourth-order valence-corrected chi connectivity index (χ4v) is 3.21. The highest BCUT2D eigenvalue weighted by molar-refractivity contribution is 5.29. The first-order chi connectivity index (χ1) is 11.2. The monoisotopic (exact) mass is 310 g/mol. The Morgan fingerprint density at radius 2 is 1.70 bits per heavy atom. The SMILES string of the molecule is Cc1cc(C)nc(NC2CCN(CCc3ccccc3)CC2)n1. The molecule has 1 aromatic heterocycles. The van der Waals surface area contributed by atoms with E-state index in [0.717, 1.165) is 56.2 Å². The predicted molar refractivity (Wildman–Crippen MR) is 94.7 cm³/mol. The van der Waals surface area contributed by atoms with Crippen LogP contribution in [0.25, 0.3) is 0 Å². The maximum Gasteiger partial charge on any atom is 0.223 e. The zero-order valence-corrected chi connectivity index (χ0v) is 14.1. The molecule has 2 heterocycles. The molecular weight excluding hydrogens is 284 g/mol. The summed E-state index contributed by atoms with van der Waals surface area (Å²) >= 11 is 0. The lowest BCUT2D eigenvalue weighted by Crippen LogP contribution is -2.40. The van der Waals surface area contributed by atoms with Crippen LogP contribution in [0.15, 0.2) is 36.4 Å². The van der Waals surface area contributed by atoms with Crippen LogP contribution in [-0.2, 0) is 6.42 Å². The van der Waals surface area contributed by atoms with Gasteiger partial charge >= 0.3 is 0 Å². The van der Waals surface area contributed by atoms with E-state index in [4.69, 9.17) is 0 Å². The summed E-state index contributed by atoms with van der Waals surface area (Å²) in [5.74, 6) is 0.783. The molecule has 0 saturated carbocycles. The maximum absolute atomic E-state index is 4.49. The molecule has 0 atom stereocenters. The Balaban J connectivity index is 1.45. The summed E-state index contributed by atoms with van der Waals surface area (Å²) in [6.07, 6.45) is 3.45. The summed E-state index contributed by atoms with van der Waals surface area (Å²) in [5, 5.41) is 3.51. The van der Waals surface area contributed by atoms with Gasteiger partial charge in [-0.3, -0.25) is 0 Å². The van der Waals surface area contributed by atoms with Crippen molar-refractivity contribution >= 4 is 5.95 Å². The lowest BCUT2D eigenvalue weighted by molar-refractivity contribution is 0.221. The highest BCUT2D eigenvalue weighted by Gasteiger charge is 2.19. The average molecular weight is 310 g/mol. The normalized spacial score (nSPS) is 16.4. The highest BCUT2D eigenvalue weighted by Crippen LogP contribution is 2.15. The van der Waals surface area contributed by atoms with Gasteiger partial charge in [0.05, 0.1) is 0 Å². The van der Waals surface area contributed by atoms with Crippen LogP contribution in [0.1, 0.15) is 29.8 Å². The summed E-state index contributed by atoms with van der Waals surface area (Å²) in [6.45, 7) is 7.49. The van der Waals surface area contributed by atoms with E-state index in [9.17, 15) is 0 Å². The molecule has 1 aliphatic heterocycles. The Bertz CT molecular complexity index is 598. The topological polar surface area (TPSA) is 41.1 Å². The van der Waals surface area contributed by atoms with Gasteiger partial charge in [0.25, 0.3) is 0 Å². The van der Waals surface area contributed by atoms with E-state index in [2.05, 4.69) is 50.5 Å². The molecule has 1 fully saturated rings. The summed E-state index contributed by atoms with van der Waals surface area (Å²) in [7, 11) is 0. The van der Waals surface area contributed by atoms with Crippen molar-refractivity contribution < 1.29 is 0 Å². The second-order valence-electron chi connectivity index (χ2n) is 6.47. The molecule has 3 rings (SSSR count). The lowest BCUT2D eigenvalue weighted by Gasteiger charge is -2.32. The number of piperidine rings is 1. The van der Waals surface area contributed by atoms with E-state index in [1.54, 1.807) is 0 Å². The van der Waals surface area contributed by atoms with Crippen LogP contribution in [0.3, 0.4) is 0 Å². The van der Waals surface area contributed by atoms with E-state index in [1.807, 2.05) is 19.9 Å². The molecule has 1 aliphatic rings. The van der Waals surface area contributed by atoms with Gasteiger partial charge in [-0.25, -0.2) is 9.97 Å². The number of hydrogen-bond acceptors (Lipinski definition) is 4. The summed E-state index contributed by atoms with van der Waals surface area (Å²) < 4.78 is 0. The minimum atomic E-state index is 0.490. The highest BCUT2D eigenvalue weighted by atomic mass is 15.2. The first-order valence-electron chi connectivity index (χ1n) is 8.54. The van der Waals surface area contributed by atoms with Crippen LogP contribution in [0.5, 0.6) is 0 Å². The molecule has 4 heteroatoms. The minimum Gasteiger partial charge on any atom is -0.351 e. The molecule has 1 N–H and O–H groups in total. The van der Waals surface area contributed by atoms with Crippen LogP contribution in [0.4, 0.5) is 5.95 Å². The zero-order valence-electron chi connectivity index (χ0n) is 14.1. The molecule has 0 unspecified atom stereocenters. The van der Waals surface area contributed by atoms with E-state index in [0.29, 0.717) is 6.04 Å². The smallest absolute Gasteiger partial charge is 0.223 e. The molecule has 0 bridgehead atoms. The third-order valence-corrected chi connectivity index (χ3v) is 4.46. The first-order valence-corrected chi connectivity index (χ1v) is 8.54. The third-order valence-electron chi connectivity index (χ3n) is 4.46. The van der Waals surface area contributed by atoms with Crippen LogP contribution in [0.2, 0.25) is 0 Å². The molecule has 2 aromatic rings. The van der Waals surface area contributed by atoms with Gasteiger partial charge in [0.2, 0.25) is 5.95 Å². The fraction of sp³-hybridized carbons (Fsp3) is 0.474. The van der Waals surface area contributed by atoms with Crippen molar-refractivity contribution in [1.29, 1.82) is 0 Å². The van der Waals surface area contributed by atoms with Crippen molar-refractivity contribution in [3.8, 4) is 0 Å². The van der Waals surface area contributed by atoms with Crippen molar-refractivity contribution in [2.75, 3.05) is 25.0 Å². The number of anilines is 1. The number of nitrogens with zero attached hydrogens (tertiary/aromatic N) is 3. The van der Waals surface area contributed by atoms with Gasteiger partial charge < -0.3 is 10.2 Å². The number of benzene rings is 1. The molecule has 23 heavy (non-hydrogen) atoms. The molecule has 122 valence electrons. The van der Waals surface area contributed by atoms with Gasteiger partial charge in [0.15, 0.2) is 0 Å². The summed E-state index contributed by atoms with van der Waals surface area (Å²) in [5.41, 5.74) is 3.48. The second-order valence-corrected chi connectivity index (χ2v) is 6.47. The number of aryl methyl sites for hydroxylation is 2. The van der Waals surface area contributed by atoms with Gasteiger partial charge in [0.1, 0.15) is 0 Å². The van der Waals surface area contributed by atoms with Crippen LogP contribution in [0, 0.1) is 13.8 Å². The second kappa shape index (κ2) is 7.55. The summed E-state index contributed by atoms with van der Waals surface area (Å²) in [4.78, 5) is 11.5. The van der Waals surface area contributed by atoms with Crippen LogP contribution >= 0.6 is 0 Å². The molecule has 1 aromatic carbocycles. The Morgan fingerprint density at radius 3 is 2.35 bits per heavy atom. The van der Waals surface area contributed by atoms with Crippen LogP contribution in [-0.4, -0.2) is 40.5 Å². The van der Waals surface area contributed by atoms with Crippen molar-refractivity contribution in [1.82, 2.24) is 14.9 Å². The maximum atomic E-state index is 4.49. The quantitative estimate of drug-likeness (QED) is 0.920. The van der Waals surface area contributed by atoms with Gasteiger partial charge in [-0.2, -0.15) is 0 Å². The number of aromatic nitrogens is 2.